The third-order valence-electron chi connectivity index (χ3n) is 15.6. The first-order valence-electron chi connectivity index (χ1n) is 29.3. The molecule has 69 heavy (non-hydrogen) atoms. The van der Waals surface area contributed by atoms with Gasteiger partial charge in [-0.25, -0.2) is 0 Å². The highest BCUT2D eigenvalue weighted by Crippen LogP contribution is 2.42. The van der Waals surface area contributed by atoms with Crippen molar-refractivity contribution in [3.05, 3.63) is 0 Å². The average Bonchev–Trinajstić information content (AvgIpc) is 4.09. The molecule has 0 aromatic carbocycles. The lowest BCUT2D eigenvalue weighted by molar-refractivity contribution is -0.167. The molecule has 0 bridgehead atoms. The lowest BCUT2D eigenvalue weighted by Gasteiger charge is -2.18. The number of carbonyl (C=O) groups is 3. The fraction of sp³-hybridized carbons (Fsp3) is 0.947. The van der Waals surface area contributed by atoms with Crippen molar-refractivity contribution < 1.29 is 57.0 Å². The summed E-state index contributed by atoms with van der Waals surface area (Å²) in [5, 5.41) is 0. The summed E-state index contributed by atoms with van der Waals surface area (Å²) in [6, 6.07) is 0. The van der Waals surface area contributed by atoms with Crippen LogP contribution in [0.3, 0.4) is 0 Å². The zero-order valence-corrected chi connectivity index (χ0v) is 43.8. The van der Waals surface area contributed by atoms with Crippen molar-refractivity contribution in [3.63, 3.8) is 0 Å². The maximum atomic E-state index is 12.9. The SMILES string of the molecule is CCCCCCCCC1OC1CCCCCCCC(=O)OCC(COC(=O)CCCCCCCC1OC1CC1OC1CCCCC)OC(=O)CCCCCCCC1OC1CC1OC1CC1OC1CC. The average molecular weight is 975 g/mol. The number of hydrogen-bond acceptors (Lipinski definition) is 12. The minimum atomic E-state index is -0.815. The Labute approximate surface area is 418 Å². The standard InChI is InChI=1S/C57H98O12/c1-4-7-9-10-14-22-30-44-45(65-44)31-23-15-11-18-26-34-55(58)61-40-42(41-62-56(59)35-27-19-12-16-24-32-47-51(67-47)38-50-46(66-50)29-21-8-5-2)63-57(60)36-28-20-13-17-25-33-48-52(68-48)39-54-53(69-54)37-49-43(6-3)64-49/h42-54H,4-41H2,1-3H3. The molecule has 0 aromatic rings. The van der Waals surface area contributed by atoms with Gasteiger partial charge in [0.05, 0.1) is 73.2 Å². The van der Waals surface area contributed by atoms with Crippen molar-refractivity contribution in [2.24, 2.45) is 0 Å². The van der Waals surface area contributed by atoms with Gasteiger partial charge >= 0.3 is 17.9 Å². The first kappa shape index (κ1) is 56.5. The van der Waals surface area contributed by atoms with Gasteiger partial charge in [-0.1, -0.05) is 156 Å². The van der Waals surface area contributed by atoms with E-state index in [9.17, 15) is 14.4 Å². The molecule has 0 N–H and O–H groups in total. The van der Waals surface area contributed by atoms with E-state index in [1.807, 2.05) is 0 Å². The van der Waals surface area contributed by atoms with Gasteiger partial charge in [-0.15, -0.1) is 0 Å². The number of epoxide rings is 6. The summed E-state index contributed by atoms with van der Waals surface area (Å²) < 4.78 is 52.1. The molecular weight excluding hydrogens is 877 g/mol. The minimum Gasteiger partial charge on any atom is -0.462 e. The monoisotopic (exact) mass is 975 g/mol. The summed E-state index contributed by atoms with van der Waals surface area (Å²) in [7, 11) is 0. The normalized spacial score (nSPS) is 29.6. The quantitative estimate of drug-likeness (QED) is 0.0247. The number of esters is 3. The molecule has 398 valence electrons. The molecule has 6 fully saturated rings. The van der Waals surface area contributed by atoms with E-state index in [0.717, 1.165) is 135 Å². The van der Waals surface area contributed by atoms with Crippen LogP contribution in [0.15, 0.2) is 0 Å². The van der Waals surface area contributed by atoms with E-state index in [1.165, 1.54) is 77.0 Å². The second kappa shape index (κ2) is 32.4. The van der Waals surface area contributed by atoms with Crippen LogP contribution >= 0.6 is 0 Å². The Morgan fingerprint density at radius 3 is 1.01 bits per heavy atom. The fourth-order valence-corrected chi connectivity index (χ4v) is 10.7. The smallest absolute Gasteiger partial charge is 0.306 e. The molecule has 0 spiro atoms. The van der Waals surface area contributed by atoms with Crippen LogP contribution in [0, 0.1) is 0 Å². The van der Waals surface area contributed by atoms with Crippen LogP contribution in [-0.2, 0) is 57.0 Å². The van der Waals surface area contributed by atoms with E-state index in [4.69, 9.17) is 42.6 Å². The first-order valence-corrected chi connectivity index (χ1v) is 29.3. The summed E-state index contributed by atoms with van der Waals surface area (Å²) in [4.78, 5) is 38.4. The molecule has 13 unspecified atom stereocenters. The molecule has 0 radical (unpaired) electrons. The molecule has 0 amide bonds. The minimum absolute atomic E-state index is 0.107. The van der Waals surface area contributed by atoms with Crippen LogP contribution in [0.4, 0.5) is 0 Å². The molecule has 6 rings (SSSR count). The Morgan fingerprint density at radius 2 is 0.609 bits per heavy atom. The molecule has 0 aliphatic carbocycles. The van der Waals surface area contributed by atoms with Crippen molar-refractivity contribution >= 4 is 17.9 Å². The molecule has 0 saturated carbocycles. The van der Waals surface area contributed by atoms with E-state index in [1.54, 1.807) is 0 Å². The number of rotatable bonds is 47. The molecule has 0 aromatic heterocycles. The Balaban J connectivity index is 0.763. The molecule has 13 atom stereocenters. The fourth-order valence-electron chi connectivity index (χ4n) is 10.7. The third kappa shape index (κ3) is 24.6. The Morgan fingerprint density at radius 1 is 0.333 bits per heavy atom. The van der Waals surface area contributed by atoms with Crippen LogP contribution in [0.25, 0.3) is 0 Å². The zero-order valence-electron chi connectivity index (χ0n) is 43.8. The summed E-state index contributed by atoms with van der Waals surface area (Å²) in [5.41, 5.74) is 0. The van der Waals surface area contributed by atoms with E-state index in [-0.39, 0.29) is 37.5 Å². The topological polar surface area (TPSA) is 154 Å². The van der Waals surface area contributed by atoms with Crippen LogP contribution in [0.5, 0.6) is 0 Å². The van der Waals surface area contributed by atoms with Gasteiger partial charge in [0.15, 0.2) is 6.10 Å². The number of unbranched alkanes of at least 4 members (excludes halogenated alkanes) is 19. The summed E-state index contributed by atoms with van der Waals surface area (Å²) in [5.74, 6) is -0.962. The first-order chi connectivity index (χ1) is 33.8. The van der Waals surface area contributed by atoms with Gasteiger partial charge in [-0.3, -0.25) is 14.4 Å². The summed E-state index contributed by atoms with van der Waals surface area (Å²) in [6.45, 7) is 6.46. The lowest BCUT2D eigenvalue weighted by atomic mass is 10.0. The van der Waals surface area contributed by atoms with Crippen molar-refractivity contribution in [1.29, 1.82) is 0 Å². The predicted molar refractivity (Wildman–Crippen MR) is 267 cm³/mol. The van der Waals surface area contributed by atoms with Crippen molar-refractivity contribution in [2.45, 2.75) is 331 Å². The lowest BCUT2D eigenvalue weighted by Crippen LogP contribution is -2.30. The zero-order chi connectivity index (χ0) is 48.5. The third-order valence-corrected chi connectivity index (χ3v) is 15.6. The number of carbonyl (C=O) groups excluding carboxylic acids is 3. The van der Waals surface area contributed by atoms with Gasteiger partial charge in [0.25, 0.3) is 0 Å². The van der Waals surface area contributed by atoms with Crippen LogP contribution in [0.2, 0.25) is 0 Å². The van der Waals surface area contributed by atoms with E-state index >= 15 is 0 Å². The van der Waals surface area contributed by atoms with Gasteiger partial charge < -0.3 is 42.6 Å². The molecular formula is C57H98O12. The number of hydrogen-bond donors (Lipinski definition) is 0. The largest absolute Gasteiger partial charge is 0.462 e. The predicted octanol–water partition coefficient (Wildman–Crippen LogP) is 12.7. The highest BCUT2D eigenvalue weighted by molar-refractivity contribution is 5.71. The highest BCUT2D eigenvalue weighted by Gasteiger charge is 2.51. The van der Waals surface area contributed by atoms with Crippen LogP contribution in [-0.4, -0.2) is 110 Å². The summed E-state index contributed by atoms with van der Waals surface area (Å²) >= 11 is 0. The summed E-state index contributed by atoms with van der Waals surface area (Å²) in [6.07, 6.45) is 41.9. The van der Waals surface area contributed by atoms with Crippen molar-refractivity contribution in [1.82, 2.24) is 0 Å². The van der Waals surface area contributed by atoms with Crippen LogP contribution < -0.4 is 0 Å². The van der Waals surface area contributed by atoms with Gasteiger partial charge in [0, 0.05) is 38.5 Å². The van der Waals surface area contributed by atoms with Gasteiger partial charge in [-0.05, 0) is 57.8 Å². The molecule has 6 heterocycles. The van der Waals surface area contributed by atoms with E-state index < -0.39 is 6.10 Å². The molecule has 6 saturated heterocycles. The molecule has 12 nitrogen and oxygen atoms in total. The second-order valence-corrected chi connectivity index (χ2v) is 21.8. The maximum Gasteiger partial charge on any atom is 0.306 e. The second-order valence-electron chi connectivity index (χ2n) is 21.8. The maximum absolute atomic E-state index is 12.9. The van der Waals surface area contributed by atoms with E-state index in [0.29, 0.717) is 86.1 Å². The van der Waals surface area contributed by atoms with Crippen molar-refractivity contribution in [2.75, 3.05) is 13.2 Å². The number of ether oxygens (including phenoxy) is 9. The highest BCUT2D eigenvalue weighted by atomic mass is 16.6. The Kier molecular flexibility index (Phi) is 26.5. The Bertz CT molecular complexity index is 1430. The van der Waals surface area contributed by atoms with Crippen LogP contribution in [0.1, 0.15) is 252 Å². The van der Waals surface area contributed by atoms with Crippen molar-refractivity contribution in [3.8, 4) is 0 Å². The molecule has 6 aliphatic heterocycles. The van der Waals surface area contributed by atoms with Gasteiger partial charge in [0.2, 0.25) is 0 Å². The van der Waals surface area contributed by atoms with E-state index in [2.05, 4.69) is 20.8 Å². The van der Waals surface area contributed by atoms with Gasteiger partial charge in [0.1, 0.15) is 13.2 Å². The van der Waals surface area contributed by atoms with Gasteiger partial charge in [-0.2, -0.15) is 0 Å². The Hall–Kier alpha value is -1.83. The molecule has 12 heteroatoms. The molecule has 6 aliphatic rings.